The Morgan fingerprint density at radius 3 is 2.53 bits per heavy atom. The van der Waals surface area contributed by atoms with Gasteiger partial charge in [0.2, 0.25) is 0 Å². The van der Waals surface area contributed by atoms with E-state index in [0.717, 1.165) is 25.3 Å². The molecule has 0 unspecified atom stereocenters. The zero-order valence-electron chi connectivity index (χ0n) is 10.6. The standard InChI is InChI=1S/C12H18FNO3S.CH4/c1-3-4-14-5-6-17-11-7-10(13)8-12(9-11)18(2,15)16;/h7-9,14H,3-6H2,1-2H3;1H4. The molecule has 1 N–H and O–H groups in total. The van der Waals surface area contributed by atoms with Gasteiger partial charge in [-0.25, -0.2) is 12.8 Å². The molecule has 0 fully saturated rings. The number of ether oxygens (including phenoxy) is 1. The second-order valence-corrected chi connectivity index (χ2v) is 6.01. The van der Waals surface area contributed by atoms with Crippen molar-refractivity contribution in [1.82, 2.24) is 5.32 Å². The van der Waals surface area contributed by atoms with Crippen molar-refractivity contribution in [3.8, 4) is 5.75 Å². The molecule has 0 aliphatic carbocycles. The minimum Gasteiger partial charge on any atom is -0.492 e. The van der Waals surface area contributed by atoms with Crippen molar-refractivity contribution in [2.45, 2.75) is 25.7 Å². The first kappa shape index (κ1) is 17.9. The zero-order chi connectivity index (χ0) is 13.6. The van der Waals surface area contributed by atoms with Crippen LogP contribution in [0.15, 0.2) is 23.1 Å². The summed E-state index contributed by atoms with van der Waals surface area (Å²) in [6.07, 6.45) is 2.06. The van der Waals surface area contributed by atoms with Crippen LogP contribution in [0.4, 0.5) is 4.39 Å². The Bertz CT molecular complexity index is 489. The lowest BCUT2D eigenvalue weighted by atomic mass is 10.3. The maximum absolute atomic E-state index is 13.2. The van der Waals surface area contributed by atoms with Gasteiger partial charge >= 0.3 is 0 Å². The summed E-state index contributed by atoms with van der Waals surface area (Å²) in [6, 6.07) is 3.49. The highest BCUT2D eigenvalue weighted by molar-refractivity contribution is 7.90. The van der Waals surface area contributed by atoms with Crippen molar-refractivity contribution in [3.05, 3.63) is 24.0 Å². The van der Waals surface area contributed by atoms with E-state index in [-0.39, 0.29) is 18.1 Å². The van der Waals surface area contributed by atoms with Gasteiger partial charge in [-0.3, -0.25) is 0 Å². The first-order valence-corrected chi connectivity index (χ1v) is 7.67. The summed E-state index contributed by atoms with van der Waals surface area (Å²) < 4.78 is 41.2. The molecular formula is C13H22FNO3S. The summed E-state index contributed by atoms with van der Waals surface area (Å²) in [5.74, 6) is -0.386. The van der Waals surface area contributed by atoms with Gasteiger partial charge < -0.3 is 10.1 Å². The molecule has 19 heavy (non-hydrogen) atoms. The molecule has 4 nitrogen and oxygen atoms in total. The number of benzene rings is 1. The summed E-state index contributed by atoms with van der Waals surface area (Å²) in [5, 5.41) is 3.13. The van der Waals surface area contributed by atoms with Crippen molar-refractivity contribution < 1.29 is 17.5 Å². The van der Waals surface area contributed by atoms with Gasteiger partial charge in [0.25, 0.3) is 0 Å². The van der Waals surface area contributed by atoms with Gasteiger partial charge in [-0.1, -0.05) is 14.4 Å². The fraction of sp³-hybridized carbons (Fsp3) is 0.538. The summed E-state index contributed by atoms with van der Waals surface area (Å²) in [5.41, 5.74) is 0. The number of nitrogens with one attached hydrogen (secondary N) is 1. The van der Waals surface area contributed by atoms with Crippen LogP contribution in [-0.4, -0.2) is 34.4 Å². The molecule has 0 radical (unpaired) electrons. The molecule has 0 spiro atoms. The van der Waals surface area contributed by atoms with Gasteiger partial charge in [-0.15, -0.1) is 0 Å². The maximum Gasteiger partial charge on any atom is 0.175 e. The van der Waals surface area contributed by atoms with Crippen LogP contribution in [0.3, 0.4) is 0 Å². The lowest BCUT2D eigenvalue weighted by Gasteiger charge is -2.08. The fourth-order valence-corrected chi connectivity index (χ4v) is 2.03. The van der Waals surface area contributed by atoms with Crippen molar-refractivity contribution in [3.63, 3.8) is 0 Å². The van der Waals surface area contributed by atoms with E-state index in [9.17, 15) is 12.8 Å². The summed E-state index contributed by atoms with van der Waals surface area (Å²) >= 11 is 0. The molecule has 0 amide bonds. The molecule has 6 heteroatoms. The second-order valence-electron chi connectivity index (χ2n) is 3.99. The van der Waals surface area contributed by atoms with E-state index in [4.69, 9.17) is 4.74 Å². The van der Waals surface area contributed by atoms with Gasteiger partial charge in [-0.2, -0.15) is 0 Å². The molecule has 0 saturated carbocycles. The van der Waals surface area contributed by atoms with Crippen LogP contribution in [-0.2, 0) is 9.84 Å². The topological polar surface area (TPSA) is 55.4 Å². The molecule has 0 saturated heterocycles. The van der Waals surface area contributed by atoms with Gasteiger partial charge in [-0.05, 0) is 25.1 Å². The predicted octanol–water partition coefficient (Wildman–Crippen LogP) is 2.24. The Balaban J connectivity index is 0.00000324. The van der Waals surface area contributed by atoms with Crippen molar-refractivity contribution >= 4 is 9.84 Å². The van der Waals surface area contributed by atoms with E-state index in [0.29, 0.717) is 13.2 Å². The molecule has 1 rings (SSSR count). The van der Waals surface area contributed by atoms with E-state index in [1.165, 1.54) is 12.1 Å². The van der Waals surface area contributed by atoms with E-state index < -0.39 is 15.7 Å². The molecule has 1 aromatic rings. The minimum absolute atomic E-state index is 0. The quantitative estimate of drug-likeness (QED) is 0.783. The van der Waals surface area contributed by atoms with Gasteiger partial charge in [0.05, 0.1) is 4.90 Å². The van der Waals surface area contributed by atoms with E-state index in [2.05, 4.69) is 12.2 Å². The molecule has 110 valence electrons. The third kappa shape index (κ3) is 6.54. The highest BCUT2D eigenvalue weighted by atomic mass is 32.2. The zero-order valence-corrected chi connectivity index (χ0v) is 11.4. The number of sulfone groups is 1. The Kier molecular flexibility index (Phi) is 7.63. The summed E-state index contributed by atoms with van der Waals surface area (Å²) in [6.45, 7) is 3.95. The predicted molar refractivity (Wildman–Crippen MR) is 74.9 cm³/mol. The third-order valence-corrected chi connectivity index (χ3v) is 3.34. The first-order valence-electron chi connectivity index (χ1n) is 5.77. The molecule has 0 bridgehead atoms. The van der Waals surface area contributed by atoms with Crippen molar-refractivity contribution in [1.29, 1.82) is 0 Å². The molecule has 0 heterocycles. The Hall–Kier alpha value is -1.14. The lowest BCUT2D eigenvalue weighted by Crippen LogP contribution is -2.21. The van der Waals surface area contributed by atoms with Gasteiger partial charge in [0.15, 0.2) is 9.84 Å². The summed E-state index contributed by atoms with van der Waals surface area (Å²) in [4.78, 5) is -0.0704. The van der Waals surface area contributed by atoms with Crippen LogP contribution in [0, 0.1) is 5.82 Å². The normalized spacial score (nSPS) is 10.9. The molecule has 0 aliphatic rings. The SMILES string of the molecule is C.CCCNCCOc1cc(F)cc(S(C)(=O)=O)c1. The smallest absolute Gasteiger partial charge is 0.175 e. The van der Waals surface area contributed by atoms with Crippen LogP contribution in [0.2, 0.25) is 0 Å². The van der Waals surface area contributed by atoms with E-state index in [1.54, 1.807) is 0 Å². The Labute approximate surface area is 114 Å². The number of halogens is 1. The number of hydrogen-bond donors (Lipinski definition) is 1. The highest BCUT2D eigenvalue weighted by Crippen LogP contribution is 2.19. The van der Waals surface area contributed by atoms with E-state index >= 15 is 0 Å². The van der Waals surface area contributed by atoms with Crippen LogP contribution >= 0.6 is 0 Å². The van der Waals surface area contributed by atoms with E-state index in [1.807, 2.05) is 0 Å². The fourth-order valence-electron chi connectivity index (χ4n) is 1.38. The maximum atomic E-state index is 13.2. The molecular weight excluding hydrogens is 269 g/mol. The third-order valence-electron chi connectivity index (χ3n) is 2.25. The van der Waals surface area contributed by atoms with Crippen LogP contribution in [0.1, 0.15) is 20.8 Å². The molecule has 0 aliphatic heterocycles. The van der Waals surface area contributed by atoms with Crippen LogP contribution in [0.25, 0.3) is 0 Å². The van der Waals surface area contributed by atoms with Crippen molar-refractivity contribution in [2.75, 3.05) is 26.0 Å². The monoisotopic (exact) mass is 291 g/mol. The average Bonchev–Trinajstić information content (AvgIpc) is 2.27. The average molecular weight is 291 g/mol. The molecule has 1 aromatic carbocycles. The van der Waals surface area contributed by atoms with Crippen molar-refractivity contribution in [2.24, 2.45) is 0 Å². The highest BCUT2D eigenvalue weighted by Gasteiger charge is 2.10. The minimum atomic E-state index is -3.42. The number of rotatable bonds is 7. The summed E-state index contributed by atoms with van der Waals surface area (Å²) in [7, 11) is -3.42. The lowest BCUT2D eigenvalue weighted by molar-refractivity contribution is 0.312. The Morgan fingerprint density at radius 1 is 1.26 bits per heavy atom. The number of hydrogen-bond acceptors (Lipinski definition) is 4. The first-order chi connectivity index (χ1) is 8.43. The second kappa shape index (κ2) is 8.12. The largest absolute Gasteiger partial charge is 0.492 e. The van der Waals surface area contributed by atoms with Crippen LogP contribution < -0.4 is 10.1 Å². The Morgan fingerprint density at radius 2 is 1.95 bits per heavy atom. The van der Waals surface area contributed by atoms with Crippen LogP contribution in [0.5, 0.6) is 5.75 Å². The van der Waals surface area contributed by atoms with Gasteiger partial charge in [0.1, 0.15) is 18.2 Å². The molecule has 0 atom stereocenters. The van der Waals surface area contributed by atoms with Gasteiger partial charge in [0, 0.05) is 18.9 Å². The molecule has 0 aromatic heterocycles.